The Labute approximate surface area is 105 Å². The van der Waals surface area contributed by atoms with E-state index >= 15 is 0 Å². The van der Waals surface area contributed by atoms with E-state index in [4.69, 9.17) is 5.26 Å². The molecule has 4 heteroatoms. The quantitative estimate of drug-likeness (QED) is 0.900. The summed E-state index contributed by atoms with van der Waals surface area (Å²) in [6.45, 7) is 4.64. The van der Waals surface area contributed by atoms with Gasteiger partial charge in [-0.3, -0.25) is 0 Å². The molecule has 0 spiro atoms. The highest BCUT2D eigenvalue weighted by Gasteiger charge is 2.05. The van der Waals surface area contributed by atoms with Gasteiger partial charge in [0.1, 0.15) is 6.07 Å². The number of rotatable bonds is 3. The standard InChI is InChI=1S/C13H13N3S/c1-9-4-3-5-13(12(9)6-14)16-8-11-7-15-10(2)17-11/h3-5,7,16H,8H2,1-2H3. The number of hydrogen-bond donors (Lipinski definition) is 1. The summed E-state index contributed by atoms with van der Waals surface area (Å²) >= 11 is 1.67. The fraction of sp³-hybridized carbons (Fsp3) is 0.231. The molecule has 0 aliphatic rings. The van der Waals surface area contributed by atoms with Crippen molar-refractivity contribution in [1.29, 1.82) is 5.26 Å². The summed E-state index contributed by atoms with van der Waals surface area (Å²) in [5, 5.41) is 13.4. The molecule has 1 heterocycles. The number of nitrogens with one attached hydrogen (secondary N) is 1. The number of nitrogens with zero attached hydrogens (tertiary/aromatic N) is 2. The van der Waals surface area contributed by atoms with Gasteiger partial charge < -0.3 is 5.32 Å². The number of thiazole rings is 1. The Bertz CT molecular complexity index is 566. The lowest BCUT2D eigenvalue weighted by atomic mass is 10.1. The van der Waals surface area contributed by atoms with Crippen LogP contribution in [0.3, 0.4) is 0 Å². The number of hydrogen-bond acceptors (Lipinski definition) is 4. The Morgan fingerprint density at radius 3 is 2.88 bits per heavy atom. The fourth-order valence-electron chi connectivity index (χ4n) is 1.63. The van der Waals surface area contributed by atoms with Gasteiger partial charge in [-0.05, 0) is 25.5 Å². The second-order valence-corrected chi connectivity index (χ2v) is 5.13. The largest absolute Gasteiger partial charge is 0.379 e. The average molecular weight is 243 g/mol. The van der Waals surface area contributed by atoms with E-state index in [1.54, 1.807) is 11.3 Å². The van der Waals surface area contributed by atoms with Crippen LogP contribution < -0.4 is 5.32 Å². The van der Waals surface area contributed by atoms with E-state index in [9.17, 15) is 0 Å². The lowest BCUT2D eigenvalue weighted by molar-refractivity contribution is 1.16. The van der Waals surface area contributed by atoms with E-state index in [-0.39, 0.29) is 0 Å². The predicted molar refractivity (Wildman–Crippen MR) is 70.1 cm³/mol. The lowest BCUT2D eigenvalue weighted by Gasteiger charge is -2.08. The zero-order valence-electron chi connectivity index (χ0n) is 9.82. The summed E-state index contributed by atoms with van der Waals surface area (Å²) in [6, 6.07) is 8.06. The Morgan fingerprint density at radius 1 is 1.41 bits per heavy atom. The number of benzene rings is 1. The first-order valence-electron chi connectivity index (χ1n) is 5.35. The molecule has 0 atom stereocenters. The van der Waals surface area contributed by atoms with Crippen molar-refractivity contribution in [3.63, 3.8) is 0 Å². The summed E-state index contributed by atoms with van der Waals surface area (Å²) < 4.78 is 0. The van der Waals surface area contributed by atoms with E-state index in [0.29, 0.717) is 12.1 Å². The van der Waals surface area contributed by atoms with Gasteiger partial charge in [0.15, 0.2) is 0 Å². The monoisotopic (exact) mass is 243 g/mol. The molecule has 17 heavy (non-hydrogen) atoms. The maximum Gasteiger partial charge on any atom is 0.102 e. The number of aromatic nitrogens is 1. The van der Waals surface area contributed by atoms with Crippen molar-refractivity contribution in [1.82, 2.24) is 4.98 Å². The summed E-state index contributed by atoms with van der Waals surface area (Å²) in [4.78, 5) is 5.38. The van der Waals surface area contributed by atoms with Gasteiger partial charge in [-0.2, -0.15) is 5.26 Å². The van der Waals surface area contributed by atoms with E-state index in [0.717, 1.165) is 16.3 Å². The summed E-state index contributed by atoms with van der Waals surface area (Å²) in [6.07, 6.45) is 1.87. The van der Waals surface area contributed by atoms with Gasteiger partial charge in [0, 0.05) is 11.1 Å². The third-order valence-electron chi connectivity index (χ3n) is 2.51. The van der Waals surface area contributed by atoms with Crippen LogP contribution in [0.1, 0.15) is 21.0 Å². The van der Waals surface area contributed by atoms with Gasteiger partial charge in [0.2, 0.25) is 0 Å². The van der Waals surface area contributed by atoms with Crippen molar-refractivity contribution < 1.29 is 0 Å². The molecule has 1 aromatic carbocycles. The molecule has 0 amide bonds. The highest BCUT2D eigenvalue weighted by molar-refractivity contribution is 7.11. The Morgan fingerprint density at radius 2 is 2.24 bits per heavy atom. The Hall–Kier alpha value is -1.86. The second-order valence-electron chi connectivity index (χ2n) is 3.81. The predicted octanol–water partition coefficient (Wildman–Crippen LogP) is 3.24. The second kappa shape index (κ2) is 4.98. The van der Waals surface area contributed by atoms with Crippen LogP contribution in [0.5, 0.6) is 0 Å². The van der Waals surface area contributed by atoms with Crippen molar-refractivity contribution in [3.8, 4) is 6.07 Å². The van der Waals surface area contributed by atoms with Crippen molar-refractivity contribution in [2.75, 3.05) is 5.32 Å². The zero-order chi connectivity index (χ0) is 12.3. The molecule has 2 rings (SSSR count). The summed E-state index contributed by atoms with van der Waals surface area (Å²) in [7, 11) is 0. The van der Waals surface area contributed by atoms with Gasteiger partial charge in [0.05, 0.1) is 22.8 Å². The van der Waals surface area contributed by atoms with Gasteiger partial charge in [-0.25, -0.2) is 4.98 Å². The van der Waals surface area contributed by atoms with Crippen LogP contribution in [0, 0.1) is 25.2 Å². The van der Waals surface area contributed by atoms with Crippen molar-refractivity contribution in [3.05, 3.63) is 45.4 Å². The molecular formula is C13H13N3S. The maximum absolute atomic E-state index is 9.10. The minimum absolute atomic E-state index is 0.712. The van der Waals surface area contributed by atoms with Crippen LogP contribution in [0.4, 0.5) is 5.69 Å². The Balaban J connectivity index is 2.14. The van der Waals surface area contributed by atoms with Crippen molar-refractivity contribution >= 4 is 17.0 Å². The Kier molecular flexibility index (Phi) is 3.40. The van der Waals surface area contributed by atoms with Gasteiger partial charge >= 0.3 is 0 Å². The molecule has 0 saturated heterocycles. The highest BCUT2D eigenvalue weighted by atomic mass is 32.1. The van der Waals surface area contributed by atoms with E-state index in [1.165, 1.54) is 4.88 Å². The molecule has 0 aliphatic heterocycles. The topological polar surface area (TPSA) is 48.7 Å². The first-order valence-corrected chi connectivity index (χ1v) is 6.17. The normalized spacial score (nSPS) is 9.94. The van der Waals surface area contributed by atoms with Crippen LogP contribution in [0.2, 0.25) is 0 Å². The average Bonchev–Trinajstić information content (AvgIpc) is 2.72. The van der Waals surface area contributed by atoms with Crippen LogP contribution in [0.15, 0.2) is 24.4 Å². The molecule has 86 valence electrons. The van der Waals surface area contributed by atoms with E-state index < -0.39 is 0 Å². The van der Waals surface area contributed by atoms with E-state index in [1.807, 2.05) is 38.2 Å². The molecule has 3 nitrogen and oxygen atoms in total. The smallest absolute Gasteiger partial charge is 0.102 e. The minimum atomic E-state index is 0.712. The number of nitriles is 1. The molecule has 0 fully saturated rings. The summed E-state index contributed by atoms with van der Waals surface area (Å²) in [5.74, 6) is 0. The SMILES string of the molecule is Cc1ncc(CNc2cccc(C)c2C#N)s1. The minimum Gasteiger partial charge on any atom is -0.379 e. The summed E-state index contributed by atoms with van der Waals surface area (Å²) in [5.41, 5.74) is 2.60. The molecule has 1 aromatic heterocycles. The van der Waals surface area contributed by atoms with Gasteiger partial charge in [-0.1, -0.05) is 12.1 Å². The highest BCUT2D eigenvalue weighted by Crippen LogP contribution is 2.20. The molecule has 0 unspecified atom stereocenters. The number of anilines is 1. The van der Waals surface area contributed by atoms with E-state index in [2.05, 4.69) is 16.4 Å². The van der Waals surface area contributed by atoms with Gasteiger partial charge in [0.25, 0.3) is 0 Å². The molecule has 2 aromatic rings. The van der Waals surface area contributed by atoms with Crippen molar-refractivity contribution in [2.24, 2.45) is 0 Å². The first kappa shape index (κ1) is 11.6. The molecular weight excluding hydrogens is 230 g/mol. The lowest BCUT2D eigenvalue weighted by Crippen LogP contribution is -2.00. The third-order valence-corrected chi connectivity index (χ3v) is 3.42. The molecule has 0 aliphatic carbocycles. The zero-order valence-corrected chi connectivity index (χ0v) is 10.6. The van der Waals surface area contributed by atoms with Crippen molar-refractivity contribution in [2.45, 2.75) is 20.4 Å². The third kappa shape index (κ3) is 2.63. The number of aryl methyl sites for hydroxylation is 2. The van der Waals surface area contributed by atoms with Crippen LogP contribution in [-0.4, -0.2) is 4.98 Å². The van der Waals surface area contributed by atoms with Gasteiger partial charge in [-0.15, -0.1) is 11.3 Å². The maximum atomic E-state index is 9.10. The van der Waals surface area contributed by atoms with Crippen LogP contribution in [-0.2, 0) is 6.54 Å². The fourth-order valence-corrected chi connectivity index (χ4v) is 2.37. The van der Waals surface area contributed by atoms with Crippen LogP contribution >= 0.6 is 11.3 Å². The molecule has 1 N–H and O–H groups in total. The molecule has 0 radical (unpaired) electrons. The molecule has 0 bridgehead atoms. The molecule has 0 saturated carbocycles. The van der Waals surface area contributed by atoms with Crippen LogP contribution in [0.25, 0.3) is 0 Å². The first-order chi connectivity index (χ1) is 8.20.